The summed E-state index contributed by atoms with van der Waals surface area (Å²) in [6.07, 6.45) is 3.93. The van der Waals surface area contributed by atoms with Crippen molar-refractivity contribution in [2.24, 2.45) is 0 Å². The molecule has 0 spiro atoms. The molecular weight excluding hydrogens is 188 g/mol. The second-order valence-electron chi connectivity index (χ2n) is 4.75. The number of rotatable bonds is 2. The maximum absolute atomic E-state index is 4.44. The van der Waals surface area contributed by atoms with E-state index in [-0.39, 0.29) is 5.54 Å². The maximum atomic E-state index is 4.44. The van der Waals surface area contributed by atoms with E-state index < -0.39 is 0 Å². The van der Waals surface area contributed by atoms with Crippen LogP contribution in [0.3, 0.4) is 0 Å². The second kappa shape index (κ2) is 3.85. The Bertz CT molecular complexity index is 329. The van der Waals surface area contributed by atoms with E-state index >= 15 is 0 Å². The topological polar surface area (TPSA) is 33.1 Å². The van der Waals surface area contributed by atoms with Gasteiger partial charge < -0.3 is 14.8 Å². The van der Waals surface area contributed by atoms with Gasteiger partial charge in [-0.25, -0.2) is 4.98 Å². The first-order chi connectivity index (χ1) is 7.12. The molecule has 1 N–H and O–H groups in total. The number of hydrogen-bond donors (Lipinski definition) is 1. The number of aromatic nitrogens is 2. The number of imidazole rings is 1. The van der Waals surface area contributed by atoms with E-state index in [2.05, 4.69) is 40.5 Å². The van der Waals surface area contributed by atoms with Gasteiger partial charge in [0.15, 0.2) is 0 Å². The molecule has 1 aromatic rings. The number of nitrogens with one attached hydrogen (secondary N) is 1. The number of hydrogen-bond acceptors (Lipinski definition) is 3. The Kier molecular flexibility index (Phi) is 2.69. The van der Waals surface area contributed by atoms with Gasteiger partial charge in [0.05, 0.1) is 0 Å². The second-order valence-corrected chi connectivity index (χ2v) is 4.75. The summed E-state index contributed by atoms with van der Waals surface area (Å²) in [5, 5.41) is 3.51. The molecule has 0 bridgehead atoms. The minimum Gasteiger partial charge on any atom is -0.339 e. The largest absolute Gasteiger partial charge is 0.339 e. The van der Waals surface area contributed by atoms with Gasteiger partial charge in [-0.15, -0.1) is 0 Å². The minimum atomic E-state index is 0.183. The van der Waals surface area contributed by atoms with Gasteiger partial charge in [0.25, 0.3) is 0 Å². The van der Waals surface area contributed by atoms with Crippen LogP contribution in [-0.4, -0.2) is 34.7 Å². The summed E-state index contributed by atoms with van der Waals surface area (Å²) >= 11 is 0. The predicted molar refractivity (Wildman–Crippen MR) is 62.2 cm³/mol. The maximum Gasteiger partial charge on any atom is 0.205 e. The molecule has 0 aromatic carbocycles. The van der Waals surface area contributed by atoms with E-state index in [1.54, 1.807) is 0 Å². The third-order valence-corrected chi connectivity index (χ3v) is 2.89. The minimum absolute atomic E-state index is 0.183. The zero-order valence-corrected chi connectivity index (χ0v) is 9.82. The van der Waals surface area contributed by atoms with Crippen molar-refractivity contribution in [3.8, 4) is 0 Å². The molecule has 0 amide bonds. The molecule has 0 radical (unpaired) electrons. The highest BCUT2D eigenvalue weighted by atomic mass is 15.3. The van der Waals surface area contributed by atoms with E-state index in [0.717, 1.165) is 32.1 Å². The molecule has 0 atom stereocenters. The lowest BCUT2D eigenvalue weighted by Crippen LogP contribution is -2.57. The third-order valence-electron chi connectivity index (χ3n) is 2.89. The van der Waals surface area contributed by atoms with Crippen LogP contribution in [0.15, 0.2) is 12.4 Å². The van der Waals surface area contributed by atoms with Crippen LogP contribution in [0.4, 0.5) is 5.95 Å². The summed E-state index contributed by atoms with van der Waals surface area (Å²) in [7, 11) is 0. The summed E-state index contributed by atoms with van der Waals surface area (Å²) < 4.78 is 2.20. The van der Waals surface area contributed by atoms with E-state index in [1.165, 1.54) is 0 Å². The Labute approximate surface area is 91.3 Å². The molecule has 1 fully saturated rings. The molecule has 4 heteroatoms. The van der Waals surface area contributed by atoms with Crippen LogP contribution in [0.1, 0.15) is 20.8 Å². The monoisotopic (exact) mass is 208 g/mol. The first-order valence-electron chi connectivity index (χ1n) is 5.63. The molecule has 1 aliphatic heterocycles. The molecule has 0 saturated carbocycles. The molecule has 15 heavy (non-hydrogen) atoms. The van der Waals surface area contributed by atoms with E-state index in [4.69, 9.17) is 0 Å². The lowest BCUT2D eigenvalue weighted by molar-refractivity contribution is 0.348. The van der Waals surface area contributed by atoms with Gasteiger partial charge in [-0.05, 0) is 20.8 Å². The van der Waals surface area contributed by atoms with Gasteiger partial charge in [-0.1, -0.05) is 0 Å². The number of anilines is 1. The van der Waals surface area contributed by atoms with E-state index in [0.29, 0.717) is 0 Å². The van der Waals surface area contributed by atoms with E-state index in [9.17, 15) is 0 Å². The first-order valence-corrected chi connectivity index (χ1v) is 5.63. The van der Waals surface area contributed by atoms with Crippen molar-refractivity contribution < 1.29 is 0 Å². The van der Waals surface area contributed by atoms with Crippen LogP contribution in [0, 0.1) is 0 Å². The van der Waals surface area contributed by atoms with Crippen molar-refractivity contribution in [3.63, 3.8) is 0 Å². The Morgan fingerprint density at radius 1 is 1.53 bits per heavy atom. The zero-order valence-electron chi connectivity index (χ0n) is 9.82. The van der Waals surface area contributed by atoms with Gasteiger partial charge in [-0.2, -0.15) is 0 Å². The fourth-order valence-corrected chi connectivity index (χ4v) is 2.14. The van der Waals surface area contributed by atoms with Crippen LogP contribution in [0.25, 0.3) is 0 Å². The fraction of sp³-hybridized carbons (Fsp3) is 0.727. The van der Waals surface area contributed by atoms with Gasteiger partial charge >= 0.3 is 0 Å². The van der Waals surface area contributed by atoms with E-state index in [1.807, 2.05) is 12.4 Å². The predicted octanol–water partition coefficient (Wildman–Crippen LogP) is 1.09. The molecule has 0 unspecified atom stereocenters. The van der Waals surface area contributed by atoms with Gasteiger partial charge in [0.1, 0.15) is 0 Å². The number of nitrogens with zero attached hydrogens (tertiary/aromatic N) is 3. The summed E-state index contributed by atoms with van der Waals surface area (Å²) in [5.41, 5.74) is 0.183. The van der Waals surface area contributed by atoms with Gasteiger partial charge in [0, 0.05) is 44.1 Å². The van der Waals surface area contributed by atoms with Crippen molar-refractivity contribution in [3.05, 3.63) is 12.4 Å². The van der Waals surface area contributed by atoms with Gasteiger partial charge in [0.2, 0.25) is 5.95 Å². The highest BCUT2D eigenvalue weighted by molar-refractivity contribution is 5.33. The molecule has 84 valence electrons. The van der Waals surface area contributed by atoms with Crippen LogP contribution in [0.5, 0.6) is 0 Å². The van der Waals surface area contributed by atoms with Crippen molar-refractivity contribution >= 4 is 5.95 Å². The highest BCUT2D eigenvalue weighted by Gasteiger charge is 2.27. The summed E-state index contributed by atoms with van der Waals surface area (Å²) in [6.45, 7) is 10.7. The van der Waals surface area contributed by atoms with Crippen molar-refractivity contribution in [2.45, 2.75) is 32.9 Å². The average Bonchev–Trinajstić information content (AvgIpc) is 2.63. The Hall–Kier alpha value is -1.03. The molecule has 1 aromatic heterocycles. The Morgan fingerprint density at radius 2 is 2.33 bits per heavy atom. The molecule has 0 aliphatic carbocycles. The first kappa shape index (κ1) is 10.5. The molecule has 2 heterocycles. The van der Waals surface area contributed by atoms with Crippen molar-refractivity contribution in [2.75, 3.05) is 24.5 Å². The van der Waals surface area contributed by atoms with Crippen LogP contribution in [0.2, 0.25) is 0 Å². The Balaban J connectivity index is 2.17. The SMILES string of the molecule is CCn1ccnc1N1CCNC(C)(C)C1. The lowest BCUT2D eigenvalue weighted by atomic mass is 10.0. The molecule has 1 saturated heterocycles. The van der Waals surface area contributed by atoms with Crippen LogP contribution >= 0.6 is 0 Å². The Morgan fingerprint density at radius 3 is 3.00 bits per heavy atom. The molecule has 2 rings (SSSR count). The average molecular weight is 208 g/mol. The van der Waals surface area contributed by atoms with Crippen molar-refractivity contribution in [1.29, 1.82) is 0 Å². The van der Waals surface area contributed by atoms with Gasteiger partial charge in [-0.3, -0.25) is 0 Å². The van der Waals surface area contributed by atoms with Crippen LogP contribution in [-0.2, 0) is 6.54 Å². The van der Waals surface area contributed by atoms with Crippen LogP contribution < -0.4 is 10.2 Å². The lowest BCUT2D eigenvalue weighted by Gasteiger charge is -2.39. The smallest absolute Gasteiger partial charge is 0.205 e. The number of aryl methyl sites for hydroxylation is 1. The normalized spacial score (nSPS) is 20.6. The zero-order chi connectivity index (χ0) is 10.9. The third kappa shape index (κ3) is 2.15. The summed E-state index contributed by atoms with van der Waals surface area (Å²) in [5.74, 6) is 1.10. The molecule has 4 nitrogen and oxygen atoms in total. The molecular formula is C11H20N4. The fourth-order valence-electron chi connectivity index (χ4n) is 2.14. The summed E-state index contributed by atoms with van der Waals surface area (Å²) in [4.78, 5) is 6.80. The summed E-state index contributed by atoms with van der Waals surface area (Å²) in [6, 6.07) is 0. The number of piperazine rings is 1. The highest BCUT2D eigenvalue weighted by Crippen LogP contribution is 2.17. The quantitative estimate of drug-likeness (QED) is 0.790. The standard InChI is InChI=1S/C11H20N4/c1-4-14-7-5-12-10(14)15-8-6-13-11(2,3)9-15/h5,7,13H,4,6,8-9H2,1-3H3. The molecule has 1 aliphatic rings. The van der Waals surface area contributed by atoms with Crippen molar-refractivity contribution in [1.82, 2.24) is 14.9 Å².